The zero-order chi connectivity index (χ0) is 31.8. The molecule has 0 atom stereocenters. The maximum Gasteiger partial charge on any atom is 0.435 e. The maximum atomic E-state index is 14.5. The molecule has 0 aromatic heterocycles. The summed E-state index contributed by atoms with van der Waals surface area (Å²) in [6, 6.07) is 11.5. The molecule has 3 aromatic rings. The van der Waals surface area contributed by atoms with Crippen LogP contribution in [0.3, 0.4) is 0 Å². The highest BCUT2D eigenvalue weighted by Gasteiger charge is 2.73. The number of hydrogen-bond donors (Lipinski definition) is 1. The van der Waals surface area contributed by atoms with Crippen LogP contribution in [0.25, 0.3) is 0 Å². The van der Waals surface area contributed by atoms with Gasteiger partial charge in [0.1, 0.15) is 0 Å². The molecule has 0 saturated carbocycles. The minimum absolute atomic E-state index is 0.0793. The number of halogens is 11. The highest BCUT2D eigenvalue weighted by molar-refractivity contribution is 14.1. The van der Waals surface area contributed by atoms with E-state index in [9.17, 15) is 53.5 Å². The van der Waals surface area contributed by atoms with Gasteiger partial charge >= 0.3 is 24.2 Å². The number of anilines is 2. The SMILES string of the molecule is CN(C(=O)c1ccc(C#N)cc1)c1cccc(C(=O)Nc2c(I)cc(C(F)(C(F)(F)F)C(F)(F)F)cc2C(F)(F)F)c1. The molecule has 0 saturated heterocycles. The second-order valence-electron chi connectivity index (χ2n) is 8.59. The van der Waals surface area contributed by atoms with E-state index in [0.29, 0.717) is 0 Å². The van der Waals surface area contributed by atoms with E-state index < -0.39 is 62.5 Å². The number of benzene rings is 3. The maximum absolute atomic E-state index is 14.5. The molecular weight excluding hydrogens is 703 g/mol. The van der Waals surface area contributed by atoms with Crippen molar-refractivity contribution in [3.05, 3.63) is 92.1 Å². The Morgan fingerprint density at radius 1 is 0.833 bits per heavy atom. The molecule has 1 N–H and O–H groups in total. The van der Waals surface area contributed by atoms with E-state index in [2.05, 4.69) is 0 Å². The van der Waals surface area contributed by atoms with E-state index >= 15 is 0 Å². The molecule has 16 heteroatoms. The lowest BCUT2D eigenvalue weighted by molar-refractivity contribution is -0.348. The van der Waals surface area contributed by atoms with Crippen LogP contribution in [-0.2, 0) is 11.8 Å². The van der Waals surface area contributed by atoms with Crippen molar-refractivity contribution >= 4 is 45.8 Å². The summed E-state index contributed by atoms with van der Waals surface area (Å²) in [5, 5.41) is 10.7. The molecule has 0 bridgehead atoms. The number of alkyl halides is 10. The van der Waals surface area contributed by atoms with Crippen LogP contribution in [0, 0.1) is 14.9 Å². The molecule has 0 aliphatic rings. The number of amides is 2. The fraction of sp³-hybridized carbons (Fsp3) is 0.192. The number of nitrogens with zero attached hydrogens (tertiary/aromatic N) is 2. The Balaban J connectivity index is 2.01. The van der Waals surface area contributed by atoms with Crippen molar-refractivity contribution in [3.8, 4) is 6.07 Å². The van der Waals surface area contributed by atoms with Gasteiger partial charge in [-0.1, -0.05) is 6.07 Å². The van der Waals surface area contributed by atoms with Crippen LogP contribution >= 0.6 is 22.6 Å². The molecule has 3 rings (SSSR count). The lowest BCUT2D eigenvalue weighted by Gasteiger charge is -2.31. The average Bonchev–Trinajstić information content (AvgIpc) is 2.90. The van der Waals surface area contributed by atoms with Crippen molar-refractivity contribution in [2.45, 2.75) is 24.2 Å². The molecule has 0 fully saturated rings. The summed E-state index contributed by atoms with van der Waals surface area (Å²) >= 11 is 0.949. The number of carbonyl (C=O) groups excluding carboxylic acids is 2. The van der Waals surface area contributed by atoms with E-state index in [1.165, 1.54) is 43.4 Å². The first-order chi connectivity index (χ1) is 19.2. The van der Waals surface area contributed by atoms with E-state index in [1.807, 2.05) is 11.4 Å². The molecule has 42 heavy (non-hydrogen) atoms. The van der Waals surface area contributed by atoms with Crippen molar-refractivity contribution in [1.82, 2.24) is 0 Å². The zero-order valence-electron chi connectivity index (χ0n) is 20.6. The standard InChI is InChI=1S/C26H14F10IN3O2/c1-40(22(42)14-7-5-13(12-38)6-8-14)17-4-2-3-15(9-17)21(41)39-20-18(24(28,29)30)10-16(11-19(20)37)23(27,25(31,32)33)26(34,35)36/h2-11H,1H3,(H,39,41). The molecule has 5 nitrogen and oxygen atoms in total. The molecule has 3 aromatic carbocycles. The largest absolute Gasteiger partial charge is 0.435 e. The summed E-state index contributed by atoms with van der Waals surface area (Å²) in [5.74, 6) is -1.86. The first-order valence-electron chi connectivity index (χ1n) is 11.2. The lowest BCUT2D eigenvalue weighted by Crippen LogP contribution is -2.50. The van der Waals surface area contributed by atoms with Crippen molar-refractivity contribution < 1.29 is 53.5 Å². The van der Waals surface area contributed by atoms with Gasteiger partial charge in [-0.15, -0.1) is 0 Å². The Morgan fingerprint density at radius 2 is 1.40 bits per heavy atom. The van der Waals surface area contributed by atoms with Gasteiger partial charge in [-0.25, -0.2) is 4.39 Å². The van der Waals surface area contributed by atoms with Crippen LogP contribution in [0.5, 0.6) is 0 Å². The molecule has 0 spiro atoms. The molecular formula is C26H14F10IN3O2. The van der Waals surface area contributed by atoms with Crippen molar-refractivity contribution in [2.75, 3.05) is 17.3 Å². The molecule has 0 radical (unpaired) electrons. The van der Waals surface area contributed by atoms with Crippen LogP contribution in [-0.4, -0.2) is 31.2 Å². The Kier molecular flexibility index (Phi) is 8.87. The molecule has 222 valence electrons. The van der Waals surface area contributed by atoms with Crippen LogP contribution in [0.1, 0.15) is 37.4 Å². The summed E-state index contributed by atoms with van der Waals surface area (Å²) in [6.45, 7) is 0. The predicted molar refractivity (Wildman–Crippen MR) is 137 cm³/mol. The molecule has 2 amide bonds. The summed E-state index contributed by atoms with van der Waals surface area (Å²) in [7, 11) is 1.31. The van der Waals surface area contributed by atoms with E-state index in [1.54, 1.807) is 0 Å². The minimum Gasteiger partial charge on any atom is -0.320 e. The third-order valence-electron chi connectivity index (χ3n) is 5.87. The number of nitriles is 1. The lowest BCUT2D eigenvalue weighted by atomic mass is 9.92. The van der Waals surface area contributed by atoms with Crippen LogP contribution in [0.4, 0.5) is 55.3 Å². The number of carbonyl (C=O) groups is 2. The molecule has 0 unspecified atom stereocenters. The minimum atomic E-state index is -6.66. The topological polar surface area (TPSA) is 73.2 Å². The van der Waals surface area contributed by atoms with Crippen LogP contribution < -0.4 is 10.2 Å². The number of rotatable bonds is 5. The van der Waals surface area contributed by atoms with Crippen LogP contribution in [0.15, 0.2) is 60.7 Å². The summed E-state index contributed by atoms with van der Waals surface area (Å²) in [4.78, 5) is 26.8. The van der Waals surface area contributed by atoms with E-state index in [0.717, 1.165) is 39.6 Å². The first-order valence-corrected chi connectivity index (χ1v) is 12.2. The van der Waals surface area contributed by atoms with Crippen molar-refractivity contribution in [3.63, 3.8) is 0 Å². The Hall–Kier alpha value is -3.88. The van der Waals surface area contributed by atoms with Crippen LogP contribution in [0.2, 0.25) is 0 Å². The number of nitrogens with one attached hydrogen (secondary N) is 1. The van der Waals surface area contributed by atoms with Crippen molar-refractivity contribution in [2.24, 2.45) is 0 Å². The highest BCUT2D eigenvalue weighted by Crippen LogP contribution is 2.54. The monoisotopic (exact) mass is 717 g/mol. The fourth-order valence-corrected chi connectivity index (χ4v) is 4.44. The van der Waals surface area contributed by atoms with E-state index in [4.69, 9.17) is 5.26 Å². The molecule has 0 aliphatic carbocycles. The van der Waals surface area contributed by atoms with E-state index in [-0.39, 0.29) is 28.4 Å². The number of hydrogen-bond acceptors (Lipinski definition) is 3. The van der Waals surface area contributed by atoms with Gasteiger partial charge in [-0.3, -0.25) is 9.59 Å². The normalized spacial score (nSPS) is 12.5. The third-order valence-corrected chi connectivity index (χ3v) is 6.73. The quantitative estimate of drug-likeness (QED) is 0.215. The first kappa shape index (κ1) is 32.6. The van der Waals surface area contributed by atoms with Crippen molar-refractivity contribution in [1.29, 1.82) is 5.26 Å². The second kappa shape index (κ2) is 11.4. The molecule has 0 aliphatic heterocycles. The van der Waals surface area contributed by atoms with Gasteiger partial charge in [0.15, 0.2) is 0 Å². The Labute approximate surface area is 243 Å². The Morgan fingerprint density at radius 3 is 1.90 bits per heavy atom. The Bertz CT molecular complexity index is 1540. The third kappa shape index (κ3) is 6.30. The van der Waals surface area contributed by atoms with Gasteiger partial charge in [-0.2, -0.15) is 44.8 Å². The second-order valence-corrected chi connectivity index (χ2v) is 9.75. The van der Waals surface area contributed by atoms with Gasteiger partial charge in [0.05, 0.1) is 22.9 Å². The average molecular weight is 717 g/mol. The van der Waals surface area contributed by atoms with Gasteiger partial charge in [0.25, 0.3) is 11.8 Å². The van der Waals surface area contributed by atoms with Gasteiger partial charge in [0.2, 0.25) is 0 Å². The van der Waals surface area contributed by atoms with Gasteiger partial charge in [-0.05, 0) is 77.2 Å². The smallest absolute Gasteiger partial charge is 0.320 e. The summed E-state index contributed by atoms with van der Waals surface area (Å²) < 4.78 is 134. The van der Waals surface area contributed by atoms with Gasteiger partial charge < -0.3 is 10.2 Å². The zero-order valence-corrected chi connectivity index (χ0v) is 22.8. The highest BCUT2D eigenvalue weighted by atomic mass is 127. The summed E-state index contributed by atoms with van der Waals surface area (Å²) in [5.41, 5.74) is -11.7. The molecule has 0 heterocycles. The van der Waals surface area contributed by atoms with Gasteiger partial charge in [0, 0.05) is 33.0 Å². The predicted octanol–water partition coefficient (Wildman–Crippen LogP) is 8.00. The summed E-state index contributed by atoms with van der Waals surface area (Å²) in [6.07, 6.45) is -18.9. The fourth-order valence-electron chi connectivity index (χ4n) is 3.68.